The molecule has 7 heteroatoms. The van der Waals surface area contributed by atoms with E-state index in [-0.39, 0.29) is 17.6 Å². The molecule has 2 aromatic carbocycles. The molecule has 1 aromatic heterocycles. The lowest BCUT2D eigenvalue weighted by atomic mass is 9.90. The number of amides is 1. The van der Waals surface area contributed by atoms with E-state index < -0.39 is 0 Å². The van der Waals surface area contributed by atoms with Crippen molar-refractivity contribution >= 4 is 22.6 Å². The number of likely N-dealkylation sites (tertiary alicyclic amines) is 1. The predicted molar refractivity (Wildman–Crippen MR) is 133 cm³/mol. The number of halogens is 1. The third-order valence-electron chi connectivity index (χ3n) is 7.95. The smallest absolute Gasteiger partial charge is 0.227 e. The Morgan fingerprint density at radius 3 is 2.86 bits per heavy atom. The predicted octanol–water partition coefficient (Wildman–Crippen LogP) is 5.40. The Morgan fingerprint density at radius 1 is 1.14 bits per heavy atom. The Kier molecular flexibility index (Phi) is 5.96. The van der Waals surface area contributed by atoms with Crippen LogP contribution >= 0.6 is 0 Å². The van der Waals surface area contributed by atoms with Crippen LogP contribution in [0.4, 0.5) is 10.1 Å². The lowest BCUT2D eigenvalue weighted by molar-refractivity contribution is -0.119. The maximum absolute atomic E-state index is 13.4. The van der Waals surface area contributed by atoms with E-state index in [1.165, 1.54) is 23.3 Å². The summed E-state index contributed by atoms with van der Waals surface area (Å²) in [6, 6.07) is 8.97. The number of ether oxygens (including phenoxy) is 1. The molecule has 1 fully saturated rings. The second kappa shape index (κ2) is 9.26. The Bertz CT molecular complexity index is 1250. The number of nitrogens with zero attached hydrogens (tertiary/aromatic N) is 3. The highest BCUT2D eigenvalue weighted by molar-refractivity contribution is 5.99. The quantitative estimate of drug-likeness (QED) is 0.427. The minimum Gasteiger partial charge on any atom is -0.494 e. The third kappa shape index (κ3) is 4.31. The average Bonchev–Trinajstić information content (AvgIpc) is 3.47. The Hall–Kier alpha value is -2.93. The molecule has 1 amide bonds. The number of benzene rings is 2. The number of fused-ring (bicyclic) bond motifs is 1. The average molecular weight is 478 g/mol. The molecule has 0 saturated carbocycles. The summed E-state index contributed by atoms with van der Waals surface area (Å²) in [6.45, 7) is 6.82. The fourth-order valence-corrected chi connectivity index (χ4v) is 6.03. The van der Waals surface area contributed by atoms with Crippen LogP contribution in [-0.2, 0) is 11.2 Å². The minimum absolute atomic E-state index is 0.256. The zero-order valence-corrected chi connectivity index (χ0v) is 20.3. The van der Waals surface area contributed by atoms with E-state index >= 15 is 0 Å². The molecule has 3 aliphatic heterocycles. The van der Waals surface area contributed by atoms with Crippen LogP contribution in [-0.4, -0.2) is 48.7 Å². The van der Waals surface area contributed by atoms with Crippen LogP contribution in [0.2, 0.25) is 0 Å². The maximum Gasteiger partial charge on any atom is 0.227 e. The van der Waals surface area contributed by atoms with E-state index in [4.69, 9.17) is 9.26 Å². The van der Waals surface area contributed by atoms with Gasteiger partial charge in [-0.2, -0.15) is 0 Å². The Labute approximate surface area is 205 Å². The fraction of sp³-hybridized carbons (Fsp3) is 0.500. The molecule has 1 atom stereocenters. The van der Waals surface area contributed by atoms with Crippen molar-refractivity contribution in [1.82, 2.24) is 10.1 Å². The van der Waals surface area contributed by atoms with Gasteiger partial charge < -0.3 is 19.1 Å². The lowest BCUT2D eigenvalue weighted by Gasteiger charge is -2.31. The van der Waals surface area contributed by atoms with Gasteiger partial charge in [-0.15, -0.1) is 0 Å². The van der Waals surface area contributed by atoms with Crippen molar-refractivity contribution in [3.63, 3.8) is 0 Å². The molecular weight excluding hydrogens is 445 g/mol. The van der Waals surface area contributed by atoms with Crippen molar-refractivity contribution in [1.29, 1.82) is 0 Å². The number of rotatable bonds is 7. The first kappa shape index (κ1) is 22.5. The van der Waals surface area contributed by atoms with Crippen LogP contribution in [0.15, 0.2) is 34.9 Å². The summed E-state index contributed by atoms with van der Waals surface area (Å²) in [5, 5.41) is 5.20. The van der Waals surface area contributed by atoms with E-state index in [2.05, 4.69) is 29.1 Å². The molecule has 0 spiro atoms. The van der Waals surface area contributed by atoms with Gasteiger partial charge in [-0.3, -0.25) is 4.79 Å². The summed E-state index contributed by atoms with van der Waals surface area (Å²) in [5.74, 6) is 1.54. The summed E-state index contributed by atoms with van der Waals surface area (Å²) in [5.41, 5.74) is 5.18. The topological polar surface area (TPSA) is 58.8 Å². The Balaban J connectivity index is 0.964. The van der Waals surface area contributed by atoms with E-state index in [9.17, 15) is 9.18 Å². The van der Waals surface area contributed by atoms with Crippen LogP contribution in [0.1, 0.15) is 67.7 Å². The molecule has 3 aliphatic rings. The van der Waals surface area contributed by atoms with Gasteiger partial charge in [0.25, 0.3) is 0 Å². The number of anilines is 1. The van der Waals surface area contributed by atoms with E-state index in [0.717, 1.165) is 80.8 Å². The molecule has 1 saturated heterocycles. The van der Waals surface area contributed by atoms with Crippen molar-refractivity contribution < 1.29 is 18.4 Å². The number of hydrogen-bond donors (Lipinski definition) is 0. The van der Waals surface area contributed by atoms with Crippen molar-refractivity contribution in [2.45, 2.75) is 57.3 Å². The van der Waals surface area contributed by atoms with Gasteiger partial charge in [0.05, 0.1) is 18.0 Å². The van der Waals surface area contributed by atoms with Crippen molar-refractivity contribution in [3.05, 3.63) is 53.0 Å². The minimum atomic E-state index is -0.289. The largest absolute Gasteiger partial charge is 0.494 e. The van der Waals surface area contributed by atoms with Crippen molar-refractivity contribution in [3.8, 4) is 5.75 Å². The monoisotopic (exact) mass is 477 g/mol. The number of piperidine rings is 1. The molecule has 0 aliphatic carbocycles. The summed E-state index contributed by atoms with van der Waals surface area (Å²) >= 11 is 0. The first-order valence-corrected chi connectivity index (χ1v) is 12.9. The molecular formula is C28H32FN3O3. The highest BCUT2D eigenvalue weighted by Gasteiger charge is 2.35. The normalized spacial score (nSPS) is 20.6. The van der Waals surface area contributed by atoms with Gasteiger partial charge in [-0.05, 0) is 93.0 Å². The molecule has 35 heavy (non-hydrogen) atoms. The van der Waals surface area contributed by atoms with Crippen molar-refractivity contribution in [2.75, 3.05) is 37.7 Å². The first-order valence-electron chi connectivity index (χ1n) is 12.9. The molecule has 4 heterocycles. The van der Waals surface area contributed by atoms with Crippen LogP contribution in [0, 0.1) is 5.82 Å². The number of carbonyl (C=O) groups excluding carboxylic acids is 1. The summed E-state index contributed by atoms with van der Waals surface area (Å²) in [6.07, 6.45) is 5.74. The molecule has 6 rings (SSSR count). The number of aromatic nitrogens is 1. The van der Waals surface area contributed by atoms with Gasteiger partial charge in [0.1, 0.15) is 11.6 Å². The third-order valence-corrected chi connectivity index (χ3v) is 7.95. The van der Waals surface area contributed by atoms with Gasteiger partial charge in [-0.1, -0.05) is 12.1 Å². The van der Waals surface area contributed by atoms with Crippen LogP contribution in [0.3, 0.4) is 0 Å². The molecule has 0 N–H and O–H groups in total. The number of carbonyl (C=O) groups is 1. The summed E-state index contributed by atoms with van der Waals surface area (Å²) in [4.78, 5) is 16.8. The zero-order chi connectivity index (χ0) is 23.9. The van der Waals surface area contributed by atoms with Gasteiger partial charge in [0.2, 0.25) is 5.91 Å². The molecule has 1 unspecified atom stereocenters. The van der Waals surface area contributed by atoms with Gasteiger partial charge >= 0.3 is 0 Å². The van der Waals surface area contributed by atoms with E-state index in [1.54, 1.807) is 6.07 Å². The van der Waals surface area contributed by atoms with Crippen LogP contribution in [0.25, 0.3) is 11.0 Å². The fourth-order valence-electron chi connectivity index (χ4n) is 6.03. The van der Waals surface area contributed by atoms with Gasteiger partial charge in [-0.25, -0.2) is 4.39 Å². The van der Waals surface area contributed by atoms with Crippen LogP contribution in [0.5, 0.6) is 5.75 Å². The molecule has 0 radical (unpaired) electrons. The number of hydrogen-bond acceptors (Lipinski definition) is 5. The highest BCUT2D eigenvalue weighted by atomic mass is 19.1. The van der Waals surface area contributed by atoms with Gasteiger partial charge in [0.15, 0.2) is 5.58 Å². The molecule has 0 bridgehead atoms. The standard InChI is InChI=1S/C28H32FN3O3/c1-18-14-26(33)32-12-8-20-15-22(17-24(18)28(20)32)34-13-3-2-9-31-10-6-19(7-11-31)27-23-5-4-21(29)16-25(23)35-30-27/h4-5,15-19H,2-3,6-14H2,1H3. The van der Waals surface area contributed by atoms with E-state index in [0.29, 0.717) is 24.5 Å². The second-order valence-corrected chi connectivity index (χ2v) is 10.3. The molecule has 6 nitrogen and oxygen atoms in total. The SMILES string of the molecule is CC1CC(=O)N2CCc3cc(OCCCCN4CCC(c5noc6cc(F)ccc56)CC4)cc1c32. The number of unbranched alkanes of at least 4 members (excludes halogenated alkanes) is 1. The van der Waals surface area contributed by atoms with Gasteiger partial charge in [0, 0.05) is 30.3 Å². The van der Waals surface area contributed by atoms with Crippen LogP contribution < -0.4 is 9.64 Å². The zero-order valence-electron chi connectivity index (χ0n) is 20.3. The molecule has 3 aromatic rings. The summed E-state index contributed by atoms with van der Waals surface area (Å²) < 4.78 is 24.9. The van der Waals surface area contributed by atoms with E-state index in [1.807, 2.05) is 4.90 Å². The second-order valence-electron chi connectivity index (χ2n) is 10.3. The highest BCUT2D eigenvalue weighted by Crippen LogP contribution is 2.44. The summed E-state index contributed by atoms with van der Waals surface area (Å²) in [7, 11) is 0. The molecule has 184 valence electrons. The van der Waals surface area contributed by atoms with Crippen molar-refractivity contribution in [2.24, 2.45) is 0 Å². The lowest BCUT2D eigenvalue weighted by Crippen LogP contribution is -2.34. The maximum atomic E-state index is 13.4. The Morgan fingerprint density at radius 2 is 2.00 bits per heavy atom. The first-order chi connectivity index (χ1) is 17.1.